The molecule has 0 aromatic carbocycles. The topological polar surface area (TPSA) is 15.3 Å². The standard InChI is InChI=1S/C11H22N2/c1-10-5-2-3-8-13(10)11-6-4-7-12-9-11/h10-12H,2-9H2,1H3/t10-,11+/m0/s1. The van der Waals surface area contributed by atoms with Crippen molar-refractivity contribution >= 4 is 0 Å². The maximum absolute atomic E-state index is 3.51. The zero-order chi connectivity index (χ0) is 9.10. The number of hydrogen-bond donors (Lipinski definition) is 1. The highest BCUT2D eigenvalue weighted by molar-refractivity contribution is 4.84. The molecule has 2 atom stereocenters. The minimum Gasteiger partial charge on any atom is -0.315 e. The van der Waals surface area contributed by atoms with Crippen LogP contribution in [0.15, 0.2) is 0 Å². The minimum atomic E-state index is 0.832. The zero-order valence-electron chi connectivity index (χ0n) is 8.76. The summed E-state index contributed by atoms with van der Waals surface area (Å²) in [5, 5.41) is 3.51. The summed E-state index contributed by atoms with van der Waals surface area (Å²) in [5.74, 6) is 0. The van der Waals surface area contributed by atoms with E-state index in [0.717, 1.165) is 12.1 Å². The van der Waals surface area contributed by atoms with Gasteiger partial charge in [0.15, 0.2) is 0 Å². The highest BCUT2D eigenvalue weighted by atomic mass is 15.2. The first kappa shape index (κ1) is 9.47. The van der Waals surface area contributed by atoms with Crippen molar-refractivity contribution in [1.82, 2.24) is 10.2 Å². The molecule has 0 bridgehead atoms. The van der Waals surface area contributed by atoms with E-state index in [1.54, 1.807) is 0 Å². The summed E-state index contributed by atoms with van der Waals surface area (Å²) in [6.07, 6.45) is 7.06. The number of likely N-dealkylation sites (tertiary alicyclic amines) is 1. The molecule has 2 heteroatoms. The average molecular weight is 182 g/mol. The fraction of sp³-hybridized carbons (Fsp3) is 1.00. The summed E-state index contributed by atoms with van der Waals surface area (Å²) in [6.45, 7) is 6.20. The molecule has 2 rings (SSSR count). The van der Waals surface area contributed by atoms with Crippen molar-refractivity contribution in [2.24, 2.45) is 0 Å². The number of piperidine rings is 2. The van der Waals surface area contributed by atoms with Gasteiger partial charge in [-0.25, -0.2) is 0 Å². The van der Waals surface area contributed by atoms with Crippen molar-refractivity contribution in [2.45, 2.75) is 51.1 Å². The predicted molar refractivity (Wildman–Crippen MR) is 55.9 cm³/mol. The van der Waals surface area contributed by atoms with E-state index in [9.17, 15) is 0 Å². The molecular weight excluding hydrogens is 160 g/mol. The fourth-order valence-corrected chi connectivity index (χ4v) is 2.78. The molecule has 13 heavy (non-hydrogen) atoms. The van der Waals surface area contributed by atoms with Gasteiger partial charge in [-0.2, -0.15) is 0 Å². The van der Waals surface area contributed by atoms with E-state index in [1.807, 2.05) is 0 Å². The molecule has 0 unspecified atom stereocenters. The molecule has 0 aromatic heterocycles. The Morgan fingerprint density at radius 2 is 2.08 bits per heavy atom. The van der Waals surface area contributed by atoms with E-state index in [1.165, 1.54) is 51.7 Å². The Hall–Kier alpha value is -0.0800. The molecule has 0 radical (unpaired) electrons. The second kappa shape index (κ2) is 4.43. The molecule has 2 aliphatic rings. The first-order chi connectivity index (χ1) is 6.38. The van der Waals surface area contributed by atoms with Gasteiger partial charge in [0.2, 0.25) is 0 Å². The number of nitrogens with one attached hydrogen (secondary N) is 1. The molecule has 2 heterocycles. The van der Waals surface area contributed by atoms with E-state index in [4.69, 9.17) is 0 Å². The Labute approximate surface area is 81.7 Å². The smallest absolute Gasteiger partial charge is 0.0223 e. The van der Waals surface area contributed by atoms with Gasteiger partial charge in [0.05, 0.1) is 0 Å². The average Bonchev–Trinajstić information content (AvgIpc) is 2.20. The molecule has 0 aromatic rings. The molecule has 2 aliphatic heterocycles. The van der Waals surface area contributed by atoms with Gasteiger partial charge in [0, 0.05) is 18.6 Å². The monoisotopic (exact) mass is 182 g/mol. The second-order valence-electron chi connectivity index (χ2n) is 4.58. The minimum absolute atomic E-state index is 0.832. The van der Waals surface area contributed by atoms with Gasteiger partial charge in [-0.1, -0.05) is 6.42 Å². The molecule has 2 saturated heterocycles. The summed E-state index contributed by atoms with van der Waals surface area (Å²) < 4.78 is 0. The third kappa shape index (κ3) is 2.23. The predicted octanol–water partition coefficient (Wildman–Crippen LogP) is 1.61. The SMILES string of the molecule is C[C@H]1CCCCN1[C@@H]1CCCNC1. The van der Waals surface area contributed by atoms with Crippen molar-refractivity contribution in [3.05, 3.63) is 0 Å². The van der Waals surface area contributed by atoms with Gasteiger partial charge in [0.1, 0.15) is 0 Å². The number of nitrogens with zero attached hydrogens (tertiary/aromatic N) is 1. The van der Waals surface area contributed by atoms with Gasteiger partial charge in [0.25, 0.3) is 0 Å². The van der Waals surface area contributed by atoms with Crippen LogP contribution >= 0.6 is 0 Å². The van der Waals surface area contributed by atoms with Crippen molar-refractivity contribution < 1.29 is 0 Å². The Morgan fingerprint density at radius 1 is 1.15 bits per heavy atom. The van der Waals surface area contributed by atoms with E-state index in [-0.39, 0.29) is 0 Å². The van der Waals surface area contributed by atoms with Crippen molar-refractivity contribution in [1.29, 1.82) is 0 Å². The number of hydrogen-bond acceptors (Lipinski definition) is 2. The van der Waals surface area contributed by atoms with E-state index < -0.39 is 0 Å². The first-order valence-electron chi connectivity index (χ1n) is 5.84. The largest absolute Gasteiger partial charge is 0.315 e. The Balaban J connectivity index is 1.88. The van der Waals surface area contributed by atoms with Crippen LogP contribution in [0.25, 0.3) is 0 Å². The fourth-order valence-electron chi connectivity index (χ4n) is 2.78. The van der Waals surface area contributed by atoms with Crippen LogP contribution in [0.3, 0.4) is 0 Å². The summed E-state index contributed by atoms with van der Waals surface area (Å²) in [6, 6.07) is 1.67. The Bertz CT molecular complexity index is 152. The lowest BCUT2D eigenvalue weighted by atomic mass is 9.97. The van der Waals surface area contributed by atoms with Crippen molar-refractivity contribution in [3.8, 4) is 0 Å². The van der Waals surface area contributed by atoms with Crippen LogP contribution in [-0.4, -0.2) is 36.6 Å². The third-order valence-electron chi connectivity index (χ3n) is 3.59. The highest BCUT2D eigenvalue weighted by Gasteiger charge is 2.26. The van der Waals surface area contributed by atoms with Gasteiger partial charge in [-0.3, -0.25) is 4.90 Å². The van der Waals surface area contributed by atoms with E-state index in [0.29, 0.717) is 0 Å². The van der Waals surface area contributed by atoms with Crippen molar-refractivity contribution in [2.75, 3.05) is 19.6 Å². The number of rotatable bonds is 1. The van der Waals surface area contributed by atoms with Crippen LogP contribution in [0.4, 0.5) is 0 Å². The quantitative estimate of drug-likeness (QED) is 0.663. The van der Waals surface area contributed by atoms with Gasteiger partial charge in [-0.05, 0) is 45.7 Å². The first-order valence-corrected chi connectivity index (χ1v) is 5.84. The Morgan fingerprint density at radius 3 is 2.77 bits per heavy atom. The molecule has 0 saturated carbocycles. The molecule has 2 nitrogen and oxygen atoms in total. The highest BCUT2D eigenvalue weighted by Crippen LogP contribution is 2.21. The summed E-state index contributed by atoms with van der Waals surface area (Å²) in [4.78, 5) is 2.73. The molecule has 2 fully saturated rings. The molecule has 0 amide bonds. The molecule has 0 aliphatic carbocycles. The maximum atomic E-state index is 3.51. The third-order valence-corrected chi connectivity index (χ3v) is 3.59. The van der Waals surface area contributed by atoms with Crippen LogP contribution in [0.1, 0.15) is 39.0 Å². The lowest BCUT2D eigenvalue weighted by Crippen LogP contribution is -2.51. The zero-order valence-corrected chi connectivity index (χ0v) is 8.76. The van der Waals surface area contributed by atoms with E-state index in [2.05, 4.69) is 17.1 Å². The lowest BCUT2D eigenvalue weighted by molar-refractivity contribution is 0.0890. The second-order valence-corrected chi connectivity index (χ2v) is 4.58. The summed E-state index contributed by atoms with van der Waals surface area (Å²) in [5.41, 5.74) is 0. The normalized spacial score (nSPS) is 37.6. The van der Waals surface area contributed by atoms with E-state index >= 15 is 0 Å². The lowest BCUT2D eigenvalue weighted by Gasteiger charge is -2.41. The molecular formula is C11H22N2. The maximum Gasteiger partial charge on any atom is 0.0223 e. The van der Waals surface area contributed by atoms with Crippen LogP contribution in [0, 0.1) is 0 Å². The van der Waals surface area contributed by atoms with Crippen LogP contribution in [0.5, 0.6) is 0 Å². The molecule has 76 valence electrons. The van der Waals surface area contributed by atoms with Crippen LogP contribution in [0.2, 0.25) is 0 Å². The van der Waals surface area contributed by atoms with Crippen molar-refractivity contribution in [3.63, 3.8) is 0 Å². The van der Waals surface area contributed by atoms with Gasteiger partial charge < -0.3 is 5.32 Å². The molecule has 0 spiro atoms. The molecule has 1 N–H and O–H groups in total. The van der Waals surface area contributed by atoms with Crippen LogP contribution in [-0.2, 0) is 0 Å². The summed E-state index contributed by atoms with van der Waals surface area (Å²) in [7, 11) is 0. The Kier molecular flexibility index (Phi) is 3.23. The summed E-state index contributed by atoms with van der Waals surface area (Å²) >= 11 is 0. The van der Waals surface area contributed by atoms with Crippen LogP contribution < -0.4 is 5.32 Å². The van der Waals surface area contributed by atoms with Gasteiger partial charge >= 0.3 is 0 Å². The van der Waals surface area contributed by atoms with Gasteiger partial charge in [-0.15, -0.1) is 0 Å².